The van der Waals surface area contributed by atoms with E-state index in [9.17, 15) is 4.79 Å². The first-order valence-corrected chi connectivity index (χ1v) is 11.6. The van der Waals surface area contributed by atoms with Crippen molar-refractivity contribution in [2.24, 2.45) is 0 Å². The van der Waals surface area contributed by atoms with E-state index in [0.717, 1.165) is 32.5 Å². The molecule has 1 aromatic heterocycles. The summed E-state index contributed by atoms with van der Waals surface area (Å²) in [5, 5.41) is 1.24. The monoisotopic (exact) mass is 406 g/mol. The number of carbonyl (C=O) groups is 1. The number of para-hydroxylation sites is 1. The zero-order valence-corrected chi connectivity index (χ0v) is 18.3. The number of fused-ring (bicyclic) bond motifs is 1. The summed E-state index contributed by atoms with van der Waals surface area (Å²) in [6.07, 6.45) is 7.02. The number of aromatic nitrogens is 1. The molecule has 0 atom stereocenters. The molecule has 2 aromatic carbocycles. The summed E-state index contributed by atoms with van der Waals surface area (Å²) in [6, 6.07) is 15.2. The normalized spacial score (nSPS) is 14.9. The van der Waals surface area contributed by atoms with Crippen LogP contribution in [0.2, 0.25) is 0 Å². The van der Waals surface area contributed by atoms with E-state index in [1.807, 2.05) is 0 Å². The van der Waals surface area contributed by atoms with Gasteiger partial charge < -0.3 is 9.47 Å². The molecular formula is C25H30N2OS. The minimum atomic E-state index is 0.281. The van der Waals surface area contributed by atoms with Crippen molar-refractivity contribution >= 4 is 28.6 Å². The van der Waals surface area contributed by atoms with Crippen molar-refractivity contribution in [3.8, 4) is 0 Å². The summed E-state index contributed by atoms with van der Waals surface area (Å²) in [5.74, 6) is 0.806. The van der Waals surface area contributed by atoms with Gasteiger partial charge in [0.1, 0.15) is 0 Å². The van der Waals surface area contributed by atoms with Crippen molar-refractivity contribution in [3.63, 3.8) is 0 Å². The highest BCUT2D eigenvalue weighted by atomic mass is 32.2. The lowest BCUT2D eigenvalue weighted by Gasteiger charge is -2.19. The van der Waals surface area contributed by atoms with Crippen molar-refractivity contribution < 1.29 is 4.79 Å². The van der Waals surface area contributed by atoms with E-state index >= 15 is 0 Å². The molecule has 4 heteroatoms. The van der Waals surface area contributed by atoms with E-state index in [2.05, 4.69) is 72.0 Å². The molecule has 0 aliphatic carbocycles. The third kappa shape index (κ3) is 4.69. The minimum absolute atomic E-state index is 0.281. The number of hydrogen-bond donors (Lipinski definition) is 0. The van der Waals surface area contributed by atoms with Crippen molar-refractivity contribution in [2.45, 2.75) is 51.0 Å². The first-order chi connectivity index (χ1) is 14.1. The predicted molar refractivity (Wildman–Crippen MR) is 123 cm³/mol. The maximum Gasteiger partial charge on any atom is 0.232 e. The van der Waals surface area contributed by atoms with Crippen LogP contribution in [0.1, 0.15) is 42.4 Å². The fourth-order valence-electron chi connectivity index (χ4n) is 4.16. The highest BCUT2D eigenvalue weighted by Gasteiger charge is 2.17. The number of likely N-dealkylation sites (tertiary alicyclic amines) is 1. The molecule has 29 heavy (non-hydrogen) atoms. The van der Waals surface area contributed by atoms with Gasteiger partial charge in [-0.3, -0.25) is 4.79 Å². The van der Waals surface area contributed by atoms with Gasteiger partial charge in [-0.05, 0) is 43.9 Å². The first-order valence-electron chi connectivity index (χ1n) is 10.7. The van der Waals surface area contributed by atoms with Crippen LogP contribution in [-0.2, 0) is 11.3 Å². The van der Waals surface area contributed by atoms with Crippen molar-refractivity contribution in [1.82, 2.24) is 9.47 Å². The number of nitrogens with zero attached hydrogens (tertiary/aromatic N) is 2. The second kappa shape index (κ2) is 9.08. The molecule has 1 amide bonds. The molecule has 1 aliphatic rings. The van der Waals surface area contributed by atoms with Crippen molar-refractivity contribution in [3.05, 3.63) is 65.4 Å². The van der Waals surface area contributed by atoms with E-state index < -0.39 is 0 Å². The molecule has 152 valence electrons. The molecule has 3 nitrogen and oxygen atoms in total. The Morgan fingerprint density at radius 3 is 2.55 bits per heavy atom. The molecule has 3 aromatic rings. The maximum absolute atomic E-state index is 12.7. The van der Waals surface area contributed by atoms with Gasteiger partial charge in [0.2, 0.25) is 5.91 Å². The van der Waals surface area contributed by atoms with Crippen LogP contribution in [0, 0.1) is 13.8 Å². The van der Waals surface area contributed by atoms with Crippen LogP contribution in [0.15, 0.2) is 53.6 Å². The fraction of sp³-hybridized carbons (Fsp3) is 0.400. The summed E-state index contributed by atoms with van der Waals surface area (Å²) in [5.41, 5.74) is 5.19. The summed E-state index contributed by atoms with van der Waals surface area (Å²) >= 11 is 1.69. The van der Waals surface area contributed by atoms with Gasteiger partial charge in [0, 0.05) is 41.6 Å². The van der Waals surface area contributed by atoms with E-state index in [-0.39, 0.29) is 5.91 Å². The molecular weight excluding hydrogens is 376 g/mol. The third-order valence-corrected chi connectivity index (χ3v) is 6.93. The van der Waals surface area contributed by atoms with Crippen LogP contribution in [0.5, 0.6) is 0 Å². The largest absolute Gasteiger partial charge is 0.342 e. The number of hydrogen-bond acceptors (Lipinski definition) is 2. The van der Waals surface area contributed by atoms with E-state index in [1.54, 1.807) is 11.8 Å². The predicted octanol–water partition coefficient (Wildman–Crippen LogP) is 5.80. The number of carbonyl (C=O) groups excluding carboxylic acids is 1. The second-order valence-corrected chi connectivity index (χ2v) is 9.17. The molecule has 1 fully saturated rings. The summed E-state index contributed by atoms with van der Waals surface area (Å²) in [4.78, 5) is 16.0. The van der Waals surface area contributed by atoms with E-state index in [4.69, 9.17) is 0 Å². The third-order valence-electron chi connectivity index (χ3n) is 5.91. The zero-order valence-electron chi connectivity index (χ0n) is 17.5. The molecule has 0 unspecified atom stereocenters. The molecule has 1 saturated heterocycles. The quantitative estimate of drug-likeness (QED) is 0.500. The Kier molecular flexibility index (Phi) is 6.29. The van der Waals surface area contributed by atoms with Crippen molar-refractivity contribution in [2.75, 3.05) is 18.8 Å². The summed E-state index contributed by atoms with van der Waals surface area (Å²) < 4.78 is 2.33. The van der Waals surface area contributed by atoms with Gasteiger partial charge in [-0.1, -0.05) is 54.8 Å². The second-order valence-electron chi connectivity index (χ2n) is 8.15. The van der Waals surface area contributed by atoms with Crippen LogP contribution in [0.25, 0.3) is 10.9 Å². The molecule has 0 radical (unpaired) electrons. The molecule has 4 rings (SSSR count). The van der Waals surface area contributed by atoms with Crippen LogP contribution in [0.3, 0.4) is 0 Å². The van der Waals surface area contributed by atoms with Gasteiger partial charge in [-0.15, -0.1) is 11.8 Å². The van der Waals surface area contributed by atoms with Gasteiger partial charge in [-0.25, -0.2) is 0 Å². The lowest BCUT2D eigenvalue weighted by molar-refractivity contribution is -0.128. The lowest BCUT2D eigenvalue weighted by Crippen LogP contribution is -2.33. The Bertz CT molecular complexity index is 999. The number of benzene rings is 2. The highest BCUT2D eigenvalue weighted by molar-refractivity contribution is 8.00. The van der Waals surface area contributed by atoms with Gasteiger partial charge in [0.15, 0.2) is 0 Å². The zero-order chi connectivity index (χ0) is 20.2. The van der Waals surface area contributed by atoms with Gasteiger partial charge in [0.25, 0.3) is 0 Å². The summed E-state index contributed by atoms with van der Waals surface area (Å²) in [7, 11) is 0. The Morgan fingerprint density at radius 1 is 1.00 bits per heavy atom. The number of aryl methyl sites for hydroxylation is 2. The molecule has 0 N–H and O–H groups in total. The number of thioether (sulfide) groups is 1. The van der Waals surface area contributed by atoms with Gasteiger partial charge >= 0.3 is 0 Å². The Hall–Kier alpha value is -2.20. The number of rotatable bonds is 5. The average molecular weight is 407 g/mol. The highest BCUT2D eigenvalue weighted by Crippen LogP contribution is 2.31. The molecule has 1 aliphatic heterocycles. The van der Waals surface area contributed by atoms with Crippen LogP contribution >= 0.6 is 11.8 Å². The molecule has 0 bridgehead atoms. The van der Waals surface area contributed by atoms with Gasteiger partial charge in [0.05, 0.1) is 5.75 Å². The lowest BCUT2D eigenvalue weighted by atomic mass is 10.1. The Labute approximate surface area is 178 Å². The average Bonchev–Trinajstić information content (AvgIpc) is 2.89. The SMILES string of the molecule is Cc1ccc(C)c(Cn2cc(SCC(=O)N3CCCCCC3)c3ccccc32)c1. The Morgan fingerprint density at radius 2 is 1.76 bits per heavy atom. The molecule has 0 saturated carbocycles. The van der Waals surface area contributed by atoms with Crippen LogP contribution < -0.4 is 0 Å². The number of amides is 1. The van der Waals surface area contributed by atoms with Crippen molar-refractivity contribution in [1.29, 1.82) is 0 Å². The smallest absolute Gasteiger partial charge is 0.232 e. The standard InChI is InChI=1S/C25H30N2OS/c1-19-11-12-20(2)21(15-19)16-27-17-24(22-9-5-6-10-23(22)27)29-18-25(28)26-13-7-3-4-8-14-26/h5-6,9-12,15,17H,3-4,7-8,13-14,16,18H2,1-2H3. The molecule has 0 spiro atoms. The van der Waals surface area contributed by atoms with Gasteiger partial charge in [-0.2, -0.15) is 0 Å². The Balaban J connectivity index is 1.54. The first kappa shape index (κ1) is 20.1. The maximum atomic E-state index is 12.7. The topological polar surface area (TPSA) is 25.2 Å². The van der Waals surface area contributed by atoms with Crippen LogP contribution in [-0.4, -0.2) is 34.2 Å². The van der Waals surface area contributed by atoms with Crippen LogP contribution in [0.4, 0.5) is 0 Å². The summed E-state index contributed by atoms with van der Waals surface area (Å²) in [6.45, 7) is 7.03. The van der Waals surface area contributed by atoms with E-state index in [1.165, 1.54) is 45.3 Å². The van der Waals surface area contributed by atoms with E-state index in [0.29, 0.717) is 5.75 Å². The minimum Gasteiger partial charge on any atom is -0.342 e. The molecule has 2 heterocycles. The fourth-order valence-corrected chi connectivity index (χ4v) is 5.16.